The van der Waals surface area contributed by atoms with Gasteiger partial charge >= 0.3 is 0 Å². The van der Waals surface area contributed by atoms with Gasteiger partial charge in [0.1, 0.15) is 0 Å². The van der Waals surface area contributed by atoms with Crippen molar-refractivity contribution < 1.29 is 5.11 Å². The molecule has 2 unspecified atom stereocenters. The minimum atomic E-state index is 0.0829. The first kappa shape index (κ1) is 17.6. The van der Waals surface area contributed by atoms with Crippen molar-refractivity contribution in [1.82, 2.24) is 4.90 Å². The second kappa shape index (κ2) is 9.50. The summed E-state index contributed by atoms with van der Waals surface area (Å²) in [6.07, 6.45) is 3.20. The molecule has 1 aromatic rings. The summed E-state index contributed by atoms with van der Waals surface area (Å²) >= 11 is 3.47. The molecule has 0 amide bonds. The number of rotatable bonds is 9. The molecule has 1 rings (SSSR count). The van der Waals surface area contributed by atoms with E-state index in [2.05, 4.69) is 58.9 Å². The Bertz CT molecular complexity index is 369. The van der Waals surface area contributed by atoms with E-state index in [9.17, 15) is 5.11 Å². The van der Waals surface area contributed by atoms with E-state index in [1.54, 1.807) is 0 Å². The summed E-state index contributed by atoms with van der Waals surface area (Å²) in [5.74, 6) is 0. The number of halogens is 1. The maximum Gasteiger partial charge on any atom is 0.0558 e. The Labute approximate surface area is 131 Å². The minimum absolute atomic E-state index is 0.0829. The Morgan fingerprint density at radius 1 is 1.20 bits per heavy atom. The van der Waals surface area contributed by atoms with E-state index in [4.69, 9.17) is 5.73 Å². The number of aliphatic hydroxyl groups is 1. The van der Waals surface area contributed by atoms with Crippen molar-refractivity contribution in [2.45, 2.75) is 45.2 Å². The van der Waals surface area contributed by atoms with Crippen LogP contribution in [0.5, 0.6) is 0 Å². The summed E-state index contributed by atoms with van der Waals surface area (Å²) in [7, 11) is 0. The molecule has 0 bridgehead atoms. The molecule has 0 fully saturated rings. The van der Waals surface area contributed by atoms with Crippen molar-refractivity contribution in [3.8, 4) is 0 Å². The van der Waals surface area contributed by atoms with Crippen molar-refractivity contribution >= 4 is 15.9 Å². The monoisotopic (exact) mass is 342 g/mol. The fourth-order valence-corrected chi connectivity index (χ4v) is 2.76. The third-order valence-corrected chi connectivity index (χ3v) is 4.20. The average molecular weight is 343 g/mol. The molecule has 0 spiro atoms. The summed E-state index contributed by atoms with van der Waals surface area (Å²) < 4.78 is 1.08. The lowest BCUT2D eigenvalue weighted by Crippen LogP contribution is -2.42. The zero-order valence-corrected chi connectivity index (χ0v) is 14.1. The zero-order valence-electron chi connectivity index (χ0n) is 12.6. The summed E-state index contributed by atoms with van der Waals surface area (Å²) in [6, 6.07) is 8.62. The van der Waals surface area contributed by atoms with Crippen molar-refractivity contribution in [3.05, 3.63) is 34.3 Å². The van der Waals surface area contributed by atoms with Crippen LogP contribution in [0.4, 0.5) is 0 Å². The highest BCUT2D eigenvalue weighted by atomic mass is 79.9. The lowest BCUT2D eigenvalue weighted by atomic mass is 9.96. The maximum atomic E-state index is 9.34. The molecule has 0 aromatic heterocycles. The van der Waals surface area contributed by atoms with Crippen LogP contribution < -0.4 is 5.73 Å². The minimum Gasteiger partial charge on any atom is -0.395 e. The number of nitrogens with two attached hydrogens (primary N) is 1. The highest BCUT2D eigenvalue weighted by molar-refractivity contribution is 9.10. The van der Waals surface area contributed by atoms with Gasteiger partial charge in [0, 0.05) is 23.1 Å². The molecule has 0 saturated carbocycles. The van der Waals surface area contributed by atoms with E-state index < -0.39 is 0 Å². The molecule has 2 atom stereocenters. The normalized spacial score (nSPS) is 14.5. The molecule has 4 heteroatoms. The van der Waals surface area contributed by atoms with Gasteiger partial charge in [-0.3, -0.25) is 4.90 Å². The van der Waals surface area contributed by atoms with Gasteiger partial charge < -0.3 is 10.8 Å². The van der Waals surface area contributed by atoms with Crippen LogP contribution >= 0.6 is 15.9 Å². The van der Waals surface area contributed by atoms with Gasteiger partial charge in [-0.05, 0) is 37.1 Å². The van der Waals surface area contributed by atoms with E-state index in [1.807, 2.05) is 0 Å². The molecular weight excluding hydrogens is 316 g/mol. The Morgan fingerprint density at radius 3 is 2.35 bits per heavy atom. The summed E-state index contributed by atoms with van der Waals surface area (Å²) in [5, 5.41) is 9.34. The molecule has 1 aromatic carbocycles. The Morgan fingerprint density at radius 2 is 1.85 bits per heavy atom. The van der Waals surface area contributed by atoms with Crippen molar-refractivity contribution in [2.24, 2.45) is 5.73 Å². The number of hydrogen-bond donors (Lipinski definition) is 2. The summed E-state index contributed by atoms with van der Waals surface area (Å²) in [6.45, 7) is 6.13. The smallest absolute Gasteiger partial charge is 0.0558 e. The number of hydrogen-bond acceptors (Lipinski definition) is 3. The van der Waals surface area contributed by atoms with Gasteiger partial charge in [0.25, 0.3) is 0 Å². The highest BCUT2D eigenvalue weighted by Gasteiger charge is 2.24. The molecule has 0 aliphatic carbocycles. The lowest BCUT2D eigenvalue weighted by molar-refractivity contribution is 0.130. The molecular formula is C16H27BrN2O. The van der Waals surface area contributed by atoms with Gasteiger partial charge in [-0.25, -0.2) is 0 Å². The largest absolute Gasteiger partial charge is 0.395 e. The molecule has 20 heavy (non-hydrogen) atoms. The SMILES string of the molecule is CCCCN(CCO)C(c1ccc(Br)cc1)C(N)CC. The number of aliphatic hydroxyl groups excluding tert-OH is 1. The van der Waals surface area contributed by atoms with Crippen LogP contribution in [0.1, 0.15) is 44.7 Å². The van der Waals surface area contributed by atoms with Crippen LogP contribution in [0.3, 0.4) is 0 Å². The van der Waals surface area contributed by atoms with Crippen LogP contribution in [0.15, 0.2) is 28.7 Å². The van der Waals surface area contributed by atoms with Gasteiger partial charge in [0.2, 0.25) is 0 Å². The van der Waals surface area contributed by atoms with Gasteiger partial charge in [0.05, 0.1) is 6.61 Å². The second-order valence-electron chi connectivity index (χ2n) is 5.18. The third kappa shape index (κ3) is 5.17. The number of benzene rings is 1. The third-order valence-electron chi connectivity index (χ3n) is 3.67. The number of unbranched alkanes of at least 4 members (excludes halogenated alkanes) is 1. The zero-order chi connectivity index (χ0) is 15.0. The second-order valence-corrected chi connectivity index (χ2v) is 6.10. The first-order chi connectivity index (χ1) is 9.63. The van der Waals surface area contributed by atoms with Gasteiger partial charge in [-0.15, -0.1) is 0 Å². The average Bonchev–Trinajstić information content (AvgIpc) is 2.46. The topological polar surface area (TPSA) is 49.5 Å². The fourth-order valence-electron chi connectivity index (χ4n) is 2.49. The molecule has 3 N–H and O–H groups in total. The van der Waals surface area contributed by atoms with E-state index in [1.165, 1.54) is 5.56 Å². The van der Waals surface area contributed by atoms with Crippen LogP contribution in [-0.2, 0) is 0 Å². The Balaban J connectivity index is 2.98. The van der Waals surface area contributed by atoms with Gasteiger partial charge in [0.15, 0.2) is 0 Å². The molecule has 0 aliphatic heterocycles. The Hall–Kier alpha value is -0.420. The molecule has 0 saturated heterocycles. The predicted octanol–water partition coefficient (Wildman–Crippen LogP) is 3.32. The number of nitrogens with zero attached hydrogens (tertiary/aromatic N) is 1. The maximum absolute atomic E-state index is 9.34. The summed E-state index contributed by atoms with van der Waals surface area (Å²) in [4.78, 5) is 2.32. The standard InChI is InChI=1S/C16H27BrN2O/c1-3-5-10-19(11-12-20)16(15(18)4-2)13-6-8-14(17)9-7-13/h6-9,15-16,20H,3-5,10-12,18H2,1-2H3. The van der Waals surface area contributed by atoms with Gasteiger partial charge in [-0.2, -0.15) is 0 Å². The van der Waals surface area contributed by atoms with Crippen molar-refractivity contribution in [2.75, 3.05) is 19.7 Å². The molecule has 3 nitrogen and oxygen atoms in total. The molecule has 0 heterocycles. The van der Waals surface area contributed by atoms with Crippen LogP contribution in [0.2, 0.25) is 0 Å². The van der Waals surface area contributed by atoms with Crippen LogP contribution in [0.25, 0.3) is 0 Å². The quantitative estimate of drug-likeness (QED) is 0.723. The summed E-state index contributed by atoms with van der Waals surface area (Å²) in [5.41, 5.74) is 7.58. The first-order valence-corrected chi connectivity index (χ1v) is 8.29. The van der Waals surface area contributed by atoms with Gasteiger partial charge in [-0.1, -0.05) is 48.3 Å². The highest BCUT2D eigenvalue weighted by Crippen LogP contribution is 2.26. The first-order valence-electron chi connectivity index (χ1n) is 7.50. The lowest BCUT2D eigenvalue weighted by Gasteiger charge is -2.35. The predicted molar refractivity (Wildman–Crippen MR) is 88.7 cm³/mol. The molecule has 114 valence electrons. The van der Waals surface area contributed by atoms with E-state index >= 15 is 0 Å². The van der Waals surface area contributed by atoms with E-state index in [-0.39, 0.29) is 18.7 Å². The Kier molecular flexibility index (Phi) is 8.38. The molecule has 0 radical (unpaired) electrons. The van der Waals surface area contributed by atoms with Crippen LogP contribution in [0, 0.1) is 0 Å². The fraction of sp³-hybridized carbons (Fsp3) is 0.625. The van der Waals surface area contributed by atoms with E-state index in [0.717, 1.165) is 30.3 Å². The van der Waals surface area contributed by atoms with Crippen LogP contribution in [-0.4, -0.2) is 35.7 Å². The van der Waals surface area contributed by atoms with E-state index in [0.29, 0.717) is 6.54 Å². The van der Waals surface area contributed by atoms with Crippen molar-refractivity contribution in [1.29, 1.82) is 0 Å². The molecule has 0 aliphatic rings. The van der Waals surface area contributed by atoms with Crippen molar-refractivity contribution in [3.63, 3.8) is 0 Å².